The third-order valence-corrected chi connectivity index (χ3v) is 3.24. The number of carbonyl (C=O) groups excluding carboxylic acids is 2. The van der Waals surface area contributed by atoms with Gasteiger partial charge in [-0.15, -0.1) is 0 Å². The first kappa shape index (κ1) is 15.2. The van der Waals surface area contributed by atoms with Crippen molar-refractivity contribution in [3.8, 4) is 0 Å². The molecule has 0 bridgehead atoms. The van der Waals surface area contributed by atoms with Crippen LogP contribution in [0.25, 0.3) is 0 Å². The van der Waals surface area contributed by atoms with Gasteiger partial charge in [-0.3, -0.25) is 4.79 Å². The summed E-state index contributed by atoms with van der Waals surface area (Å²) in [6.07, 6.45) is 0.177. The number of rotatable bonds is 6. The highest BCUT2D eigenvalue weighted by molar-refractivity contribution is 5.88. The maximum atomic E-state index is 11.8. The Morgan fingerprint density at radius 3 is 2.42 bits per heavy atom. The minimum Gasteiger partial charge on any atom is -0.445 e. The average Bonchev–Trinajstić information content (AvgIpc) is 2.43. The molecule has 1 N–H and O–H groups in total. The highest BCUT2D eigenvalue weighted by Crippen LogP contribution is 2.20. The minimum atomic E-state index is -0.566. The zero-order valence-electron chi connectivity index (χ0n) is 11.7. The molecule has 0 aromatic heterocycles. The van der Waals surface area contributed by atoms with E-state index in [1.807, 2.05) is 51.1 Å². The smallest absolute Gasteiger partial charge is 0.407 e. The molecule has 0 fully saturated rings. The van der Waals surface area contributed by atoms with Crippen molar-refractivity contribution in [2.24, 2.45) is 5.41 Å². The van der Waals surface area contributed by atoms with E-state index in [-0.39, 0.29) is 18.9 Å². The molecule has 0 heterocycles. The molecule has 104 valence electrons. The summed E-state index contributed by atoms with van der Waals surface area (Å²) in [6.45, 7) is 5.90. The SMILES string of the molecule is CCC(C)(C)C(=O)CNC(=O)OCc1ccccc1. The standard InChI is InChI=1S/C15H21NO3/c1-4-15(2,3)13(17)10-16-14(18)19-11-12-8-6-5-7-9-12/h5-9H,4,10-11H2,1-3H3,(H,16,18). The van der Waals surface area contributed by atoms with Gasteiger partial charge >= 0.3 is 6.09 Å². The molecule has 1 aromatic carbocycles. The van der Waals surface area contributed by atoms with Crippen LogP contribution in [0.4, 0.5) is 4.79 Å². The van der Waals surface area contributed by atoms with Crippen molar-refractivity contribution in [2.45, 2.75) is 33.8 Å². The summed E-state index contributed by atoms with van der Waals surface area (Å²) in [6, 6.07) is 9.40. The average molecular weight is 263 g/mol. The summed E-state index contributed by atoms with van der Waals surface area (Å²) in [5, 5.41) is 2.48. The quantitative estimate of drug-likeness (QED) is 0.858. The van der Waals surface area contributed by atoms with E-state index in [1.54, 1.807) is 0 Å². The van der Waals surface area contributed by atoms with Crippen LogP contribution in [0.3, 0.4) is 0 Å². The first-order chi connectivity index (χ1) is 8.95. The largest absolute Gasteiger partial charge is 0.445 e. The summed E-state index contributed by atoms with van der Waals surface area (Å²) in [5.41, 5.74) is 0.505. The van der Waals surface area contributed by atoms with Gasteiger partial charge in [0.15, 0.2) is 5.78 Å². The third-order valence-electron chi connectivity index (χ3n) is 3.24. The normalized spacial score (nSPS) is 10.9. The summed E-state index contributed by atoms with van der Waals surface area (Å²) in [4.78, 5) is 23.3. The monoisotopic (exact) mass is 263 g/mol. The van der Waals surface area contributed by atoms with Crippen LogP contribution in [0.15, 0.2) is 30.3 Å². The number of alkyl carbamates (subject to hydrolysis) is 1. The molecule has 19 heavy (non-hydrogen) atoms. The Hall–Kier alpha value is -1.84. The van der Waals surface area contributed by atoms with Crippen molar-refractivity contribution in [3.63, 3.8) is 0 Å². The lowest BCUT2D eigenvalue weighted by atomic mass is 9.85. The van der Waals surface area contributed by atoms with E-state index >= 15 is 0 Å². The first-order valence-electron chi connectivity index (χ1n) is 6.43. The van der Waals surface area contributed by atoms with Crippen LogP contribution in [0.1, 0.15) is 32.8 Å². The van der Waals surface area contributed by atoms with Crippen molar-refractivity contribution in [1.82, 2.24) is 5.32 Å². The van der Waals surface area contributed by atoms with E-state index in [4.69, 9.17) is 4.74 Å². The van der Waals surface area contributed by atoms with Gasteiger partial charge in [0.1, 0.15) is 6.61 Å². The lowest BCUT2D eigenvalue weighted by Gasteiger charge is -2.20. The van der Waals surface area contributed by atoms with Crippen LogP contribution >= 0.6 is 0 Å². The number of hydrogen-bond donors (Lipinski definition) is 1. The van der Waals surface area contributed by atoms with Gasteiger partial charge < -0.3 is 10.1 Å². The summed E-state index contributed by atoms with van der Waals surface area (Å²) in [5.74, 6) is 0.00617. The van der Waals surface area contributed by atoms with E-state index in [9.17, 15) is 9.59 Å². The van der Waals surface area contributed by atoms with E-state index in [0.29, 0.717) is 0 Å². The Bertz CT molecular complexity index is 426. The topological polar surface area (TPSA) is 55.4 Å². The van der Waals surface area contributed by atoms with E-state index in [0.717, 1.165) is 12.0 Å². The molecule has 4 heteroatoms. The van der Waals surface area contributed by atoms with Gasteiger partial charge in [0.25, 0.3) is 0 Å². The van der Waals surface area contributed by atoms with Crippen molar-refractivity contribution in [1.29, 1.82) is 0 Å². The third kappa shape index (κ3) is 5.12. The second-order valence-electron chi connectivity index (χ2n) is 5.08. The molecule has 1 rings (SSSR count). The molecule has 1 aromatic rings. The number of hydrogen-bond acceptors (Lipinski definition) is 3. The second-order valence-corrected chi connectivity index (χ2v) is 5.08. The van der Waals surface area contributed by atoms with Crippen LogP contribution in [0, 0.1) is 5.41 Å². The number of nitrogens with one attached hydrogen (secondary N) is 1. The highest BCUT2D eigenvalue weighted by Gasteiger charge is 2.25. The Balaban J connectivity index is 2.31. The van der Waals surface area contributed by atoms with Crippen molar-refractivity contribution >= 4 is 11.9 Å². The van der Waals surface area contributed by atoms with E-state index < -0.39 is 11.5 Å². The zero-order chi connectivity index (χ0) is 14.3. The maximum Gasteiger partial charge on any atom is 0.407 e. The molecule has 0 aliphatic carbocycles. The molecule has 1 amide bonds. The predicted octanol–water partition coefficient (Wildman–Crippen LogP) is 2.92. The summed E-state index contributed by atoms with van der Waals surface area (Å²) in [7, 11) is 0. The molecular weight excluding hydrogens is 242 g/mol. The molecule has 0 saturated carbocycles. The van der Waals surface area contributed by atoms with Crippen LogP contribution in [0.2, 0.25) is 0 Å². The molecule has 4 nitrogen and oxygen atoms in total. The van der Waals surface area contributed by atoms with Gasteiger partial charge in [0, 0.05) is 5.41 Å². The molecule has 0 unspecified atom stereocenters. The molecule has 0 saturated heterocycles. The summed E-state index contributed by atoms with van der Waals surface area (Å²) >= 11 is 0. The lowest BCUT2D eigenvalue weighted by Crippen LogP contribution is -2.36. The molecule has 0 atom stereocenters. The van der Waals surface area contributed by atoms with E-state index in [2.05, 4.69) is 5.32 Å². The number of amides is 1. The lowest BCUT2D eigenvalue weighted by molar-refractivity contribution is -0.126. The maximum absolute atomic E-state index is 11.8. The fraction of sp³-hybridized carbons (Fsp3) is 0.467. The molecule has 0 aliphatic rings. The minimum absolute atomic E-state index is 0.00617. The Morgan fingerprint density at radius 2 is 1.84 bits per heavy atom. The number of ether oxygens (including phenoxy) is 1. The van der Waals surface area contributed by atoms with Gasteiger partial charge in [0.2, 0.25) is 0 Å². The highest BCUT2D eigenvalue weighted by atomic mass is 16.5. The Morgan fingerprint density at radius 1 is 1.21 bits per heavy atom. The molecular formula is C15H21NO3. The van der Waals surface area contributed by atoms with Crippen LogP contribution in [-0.4, -0.2) is 18.4 Å². The Labute approximate surface area is 114 Å². The molecule has 0 aliphatic heterocycles. The zero-order valence-corrected chi connectivity index (χ0v) is 11.7. The second kappa shape index (κ2) is 6.92. The van der Waals surface area contributed by atoms with Gasteiger partial charge in [-0.2, -0.15) is 0 Å². The number of Topliss-reactive ketones (excluding diaryl/α,β-unsaturated/α-hetero) is 1. The Kier molecular flexibility index (Phi) is 5.55. The fourth-order valence-corrected chi connectivity index (χ4v) is 1.36. The van der Waals surface area contributed by atoms with E-state index in [1.165, 1.54) is 0 Å². The predicted molar refractivity (Wildman–Crippen MR) is 73.7 cm³/mol. The van der Waals surface area contributed by atoms with Crippen LogP contribution in [-0.2, 0) is 16.1 Å². The number of ketones is 1. The number of carbonyl (C=O) groups is 2. The fourth-order valence-electron chi connectivity index (χ4n) is 1.36. The number of benzene rings is 1. The van der Waals surface area contributed by atoms with Gasteiger partial charge in [0.05, 0.1) is 6.54 Å². The molecule has 0 spiro atoms. The van der Waals surface area contributed by atoms with Gasteiger partial charge in [-0.05, 0) is 12.0 Å². The van der Waals surface area contributed by atoms with Gasteiger partial charge in [-0.1, -0.05) is 51.1 Å². The van der Waals surface area contributed by atoms with Crippen LogP contribution in [0.5, 0.6) is 0 Å². The summed E-state index contributed by atoms with van der Waals surface area (Å²) < 4.78 is 5.02. The van der Waals surface area contributed by atoms with Crippen LogP contribution < -0.4 is 5.32 Å². The van der Waals surface area contributed by atoms with Crippen molar-refractivity contribution in [2.75, 3.05) is 6.54 Å². The van der Waals surface area contributed by atoms with Gasteiger partial charge in [-0.25, -0.2) is 4.79 Å². The molecule has 0 radical (unpaired) electrons. The van der Waals surface area contributed by atoms with Crippen molar-refractivity contribution < 1.29 is 14.3 Å². The first-order valence-corrected chi connectivity index (χ1v) is 6.43. The van der Waals surface area contributed by atoms with Crippen molar-refractivity contribution in [3.05, 3.63) is 35.9 Å².